The van der Waals surface area contributed by atoms with E-state index in [-0.39, 0.29) is 11.5 Å². The van der Waals surface area contributed by atoms with Crippen molar-refractivity contribution in [1.29, 1.82) is 0 Å². The second-order valence-electron chi connectivity index (χ2n) is 11.7. The fraction of sp³-hybridized carbons (Fsp3) is 0.581. The fourth-order valence-electron chi connectivity index (χ4n) is 7.55. The molecular weight excluding hydrogens is 515 g/mol. The number of rotatable bonds is 7. The van der Waals surface area contributed by atoms with Gasteiger partial charge < -0.3 is 14.6 Å². The van der Waals surface area contributed by atoms with Gasteiger partial charge in [0.15, 0.2) is 0 Å². The molecule has 3 aliphatic rings. The molecule has 1 aromatic heterocycles. The first-order chi connectivity index (χ1) is 18.5. The Morgan fingerprint density at radius 1 is 1.00 bits per heavy atom. The molecule has 0 saturated carbocycles. The van der Waals surface area contributed by atoms with Crippen LogP contribution in [0.3, 0.4) is 0 Å². The van der Waals surface area contributed by atoms with Crippen LogP contribution in [0.5, 0.6) is 5.75 Å². The number of fused-ring (bicyclic) bond motifs is 3. The maximum absolute atomic E-state index is 6.08. The zero-order chi connectivity index (χ0) is 26.7. The van der Waals surface area contributed by atoms with Crippen molar-refractivity contribution < 1.29 is 4.74 Å². The van der Waals surface area contributed by atoms with Gasteiger partial charge >= 0.3 is 0 Å². The number of aryl methyl sites for hydroxylation is 1. The zero-order valence-corrected chi connectivity index (χ0v) is 24.5. The van der Waals surface area contributed by atoms with Crippen molar-refractivity contribution in [3.05, 3.63) is 59.9 Å². The van der Waals surface area contributed by atoms with E-state index in [0.717, 1.165) is 24.4 Å². The zero-order valence-electron chi connectivity index (χ0n) is 23.0. The lowest BCUT2D eigenvalue weighted by Gasteiger charge is -2.44. The molecule has 2 bridgehead atoms. The normalized spacial score (nSPS) is 24.8. The summed E-state index contributed by atoms with van der Waals surface area (Å²) < 4.78 is 8.63. The smallest absolute Gasteiger partial charge is 0.119 e. The summed E-state index contributed by atoms with van der Waals surface area (Å²) in [6.07, 6.45) is 9.07. The van der Waals surface area contributed by atoms with Gasteiger partial charge in [-0.3, -0.25) is 4.90 Å². The van der Waals surface area contributed by atoms with E-state index >= 15 is 0 Å². The number of hydrogen-bond acceptors (Lipinski definition) is 4. The van der Waals surface area contributed by atoms with Gasteiger partial charge in [-0.1, -0.05) is 24.3 Å². The van der Waals surface area contributed by atoms with Crippen molar-refractivity contribution in [2.45, 2.75) is 95.4 Å². The van der Waals surface area contributed by atoms with Gasteiger partial charge in [-0.25, -0.2) is 4.98 Å². The van der Waals surface area contributed by atoms with Crippen molar-refractivity contribution in [2.24, 2.45) is 0 Å². The summed E-state index contributed by atoms with van der Waals surface area (Å²) in [4.78, 5) is 7.77. The largest absolute Gasteiger partial charge is 0.491 e. The van der Waals surface area contributed by atoms with Crippen molar-refractivity contribution in [2.75, 3.05) is 19.6 Å². The first kappa shape index (κ1) is 27.8. The highest BCUT2D eigenvalue weighted by molar-refractivity contribution is 6.85. The Bertz CT molecular complexity index is 1190. The van der Waals surface area contributed by atoms with E-state index in [0.29, 0.717) is 18.1 Å². The van der Waals surface area contributed by atoms with Crippen molar-refractivity contribution in [3.63, 3.8) is 0 Å². The topological polar surface area (TPSA) is 42.3 Å². The minimum absolute atomic E-state index is 0.206. The molecule has 2 aromatic carbocycles. The minimum atomic E-state index is 0.206. The molecule has 6 rings (SSSR count). The molecule has 0 aliphatic carbocycles. The Morgan fingerprint density at radius 2 is 1.71 bits per heavy atom. The van der Waals surface area contributed by atoms with Crippen LogP contribution in [-0.2, 0) is 5.41 Å². The number of hydrogen-bond donors (Lipinski definition) is 1. The van der Waals surface area contributed by atoms with E-state index in [1.54, 1.807) is 0 Å². The standard InChI is InChI=1S/C31H42N4O.Cl2/c1-22(2)36-28-8-6-7-24(19-28)31(13-16-32-17-14-31)15-18-34-25-11-12-26(34)21-27(20-25)35-23(3)33-29-9-4-5-10-30(29)35;1-2/h4-10,19,22,25-27,32H,11-18,20-21H2,1-3H3;/t25-,26+,27?;. The second-order valence-corrected chi connectivity index (χ2v) is 11.7. The average Bonchev–Trinajstić information content (AvgIpc) is 3.39. The number of para-hydroxylation sites is 2. The van der Waals surface area contributed by atoms with Gasteiger partial charge in [0.25, 0.3) is 0 Å². The molecule has 3 fully saturated rings. The molecule has 0 amide bonds. The first-order valence-electron chi connectivity index (χ1n) is 14.3. The lowest BCUT2D eigenvalue weighted by atomic mass is 9.70. The molecule has 7 heteroatoms. The maximum atomic E-state index is 6.08. The van der Waals surface area contributed by atoms with Gasteiger partial charge in [-0.15, -0.1) is 0 Å². The number of nitrogens with zero attached hydrogens (tertiary/aromatic N) is 3. The van der Waals surface area contributed by atoms with E-state index in [1.165, 1.54) is 68.4 Å². The highest BCUT2D eigenvalue weighted by Crippen LogP contribution is 2.44. The van der Waals surface area contributed by atoms with Crippen LogP contribution in [0, 0.1) is 6.92 Å². The molecular formula is C31H42Cl2N4O. The van der Waals surface area contributed by atoms with Crippen LogP contribution in [0.1, 0.15) is 76.2 Å². The molecule has 3 atom stereocenters. The molecule has 3 aromatic rings. The van der Waals surface area contributed by atoms with E-state index in [9.17, 15) is 0 Å². The molecule has 3 aliphatic heterocycles. The predicted octanol–water partition coefficient (Wildman–Crippen LogP) is 7.39. The third-order valence-electron chi connectivity index (χ3n) is 9.22. The second kappa shape index (κ2) is 12.2. The van der Waals surface area contributed by atoms with Gasteiger partial charge in [0.05, 0.1) is 17.1 Å². The van der Waals surface area contributed by atoms with Gasteiger partial charge in [0, 0.05) is 39.8 Å². The van der Waals surface area contributed by atoms with Gasteiger partial charge in [-0.05, 0) is 121 Å². The third kappa shape index (κ3) is 5.58. The molecule has 4 heterocycles. The van der Waals surface area contributed by atoms with Crippen LogP contribution in [-0.4, -0.2) is 52.3 Å². The van der Waals surface area contributed by atoms with Crippen LogP contribution in [0.15, 0.2) is 48.5 Å². The van der Waals surface area contributed by atoms with E-state index in [1.807, 2.05) is 0 Å². The molecule has 1 N–H and O–H groups in total. The Balaban J connectivity index is 0.00000144. The van der Waals surface area contributed by atoms with E-state index < -0.39 is 0 Å². The van der Waals surface area contributed by atoms with Crippen LogP contribution >= 0.6 is 21.7 Å². The van der Waals surface area contributed by atoms with Crippen LogP contribution in [0.25, 0.3) is 11.0 Å². The highest BCUT2D eigenvalue weighted by atomic mass is 36.5. The quantitative estimate of drug-likeness (QED) is 0.329. The van der Waals surface area contributed by atoms with Crippen molar-refractivity contribution in [3.8, 4) is 5.75 Å². The Labute approximate surface area is 237 Å². The van der Waals surface area contributed by atoms with E-state index in [2.05, 4.69) is 106 Å². The van der Waals surface area contributed by atoms with Crippen molar-refractivity contribution in [1.82, 2.24) is 19.8 Å². The highest BCUT2D eigenvalue weighted by Gasteiger charge is 2.43. The van der Waals surface area contributed by atoms with Crippen LogP contribution in [0.4, 0.5) is 0 Å². The molecule has 3 saturated heterocycles. The molecule has 1 unspecified atom stereocenters. The van der Waals surface area contributed by atoms with Crippen LogP contribution in [0.2, 0.25) is 0 Å². The Kier molecular flexibility index (Phi) is 8.89. The fourth-order valence-corrected chi connectivity index (χ4v) is 7.55. The first-order valence-corrected chi connectivity index (χ1v) is 15.5. The van der Waals surface area contributed by atoms with Gasteiger partial charge in [0.1, 0.15) is 11.6 Å². The molecule has 5 nitrogen and oxygen atoms in total. The summed E-state index contributed by atoms with van der Waals surface area (Å²) >= 11 is 0. The Hall–Kier alpha value is -1.79. The number of aromatic nitrogens is 2. The molecule has 0 radical (unpaired) electrons. The summed E-state index contributed by atoms with van der Waals surface area (Å²) in [6, 6.07) is 19.6. The molecule has 206 valence electrons. The number of nitrogens with one attached hydrogen (secondary N) is 1. The van der Waals surface area contributed by atoms with Crippen LogP contribution < -0.4 is 10.1 Å². The number of piperidine rings is 2. The van der Waals surface area contributed by atoms with E-state index in [4.69, 9.17) is 9.72 Å². The Morgan fingerprint density at radius 3 is 2.42 bits per heavy atom. The summed E-state index contributed by atoms with van der Waals surface area (Å²) in [5.74, 6) is 2.19. The molecule has 0 spiro atoms. The van der Waals surface area contributed by atoms with Gasteiger partial charge in [-0.2, -0.15) is 0 Å². The number of benzene rings is 2. The maximum Gasteiger partial charge on any atom is 0.119 e. The summed E-state index contributed by atoms with van der Waals surface area (Å²) in [7, 11) is 8.22. The lowest BCUT2D eigenvalue weighted by molar-refractivity contribution is 0.0928. The monoisotopic (exact) mass is 556 g/mol. The SMILES string of the molecule is Cc1nc2ccccc2n1C1C[C@H]2CC[C@@H](C1)N2CCC1(c2cccc(OC(C)C)c2)CCNCC1.ClCl. The summed E-state index contributed by atoms with van der Waals surface area (Å²) in [6.45, 7) is 9.84. The third-order valence-corrected chi connectivity index (χ3v) is 9.22. The molecule has 38 heavy (non-hydrogen) atoms. The summed E-state index contributed by atoms with van der Waals surface area (Å²) in [5.41, 5.74) is 4.17. The average molecular weight is 558 g/mol. The van der Waals surface area contributed by atoms with Gasteiger partial charge in [0.2, 0.25) is 0 Å². The summed E-state index contributed by atoms with van der Waals surface area (Å²) in [5, 5.41) is 3.61. The lowest BCUT2D eigenvalue weighted by Crippen LogP contribution is -2.47. The number of imidazole rings is 1. The number of ether oxygens (including phenoxy) is 1. The predicted molar refractivity (Wildman–Crippen MR) is 159 cm³/mol. The van der Waals surface area contributed by atoms with Crippen molar-refractivity contribution >= 4 is 32.7 Å². The minimum Gasteiger partial charge on any atom is -0.491 e. The number of halogens is 2.